The second-order valence-corrected chi connectivity index (χ2v) is 6.42. The van der Waals surface area contributed by atoms with Crippen LogP contribution in [0.1, 0.15) is 10.7 Å². The first kappa shape index (κ1) is 15.6. The number of thiazole rings is 1. The predicted molar refractivity (Wildman–Crippen MR) is 99.0 cm³/mol. The summed E-state index contributed by atoms with van der Waals surface area (Å²) in [4.78, 5) is 8.87. The molecule has 5 heteroatoms. The molecule has 0 spiro atoms. The van der Waals surface area contributed by atoms with Crippen LogP contribution in [-0.4, -0.2) is 9.97 Å². The van der Waals surface area contributed by atoms with E-state index in [-0.39, 0.29) is 0 Å². The van der Waals surface area contributed by atoms with E-state index < -0.39 is 0 Å². The van der Waals surface area contributed by atoms with Crippen LogP contribution in [0.4, 0.5) is 0 Å². The maximum absolute atomic E-state index is 5.85. The van der Waals surface area contributed by atoms with Crippen molar-refractivity contribution < 1.29 is 9.47 Å². The number of ether oxygens (including phenoxy) is 2. The van der Waals surface area contributed by atoms with Gasteiger partial charge in [0.2, 0.25) is 0 Å². The molecule has 0 amide bonds. The van der Waals surface area contributed by atoms with Crippen molar-refractivity contribution in [2.24, 2.45) is 0 Å². The highest BCUT2D eigenvalue weighted by atomic mass is 32.1. The van der Waals surface area contributed by atoms with Gasteiger partial charge in [0.15, 0.2) is 0 Å². The van der Waals surface area contributed by atoms with Crippen LogP contribution in [-0.2, 0) is 13.2 Å². The first-order valence-electron chi connectivity index (χ1n) is 7.95. The highest BCUT2D eigenvalue weighted by Crippen LogP contribution is 2.21. The average molecular weight is 348 g/mol. The lowest BCUT2D eigenvalue weighted by atomic mass is 10.2. The molecule has 124 valence electrons. The zero-order valence-electron chi connectivity index (χ0n) is 13.5. The number of rotatable bonds is 6. The fourth-order valence-electron chi connectivity index (χ4n) is 2.44. The van der Waals surface area contributed by atoms with Gasteiger partial charge in [-0.2, -0.15) is 0 Å². The minimum absolute atomic E-state index is 0.438. The van der Waals surface area contributed by atoms with Gasteiger partial charge in [-0.15, -0.1) is 11.3 Å². The Morgan fingerprint density at radius 2 is 1.72 bits per heavy atom. The monoisotopic (exact) mass is 348 g/mol. The topological polar surface area (TPSA) is 44.2 Å². The van der Waals surface area contributed by atoms with Crippen LogP contribution in [0, 0.1) is 0 Å². The summed E-state index contributed by atoms with van der Waals surface area (Å²) in [5.74, 6) is 1.66. The van der Waals surface area contributed by atoms with E-state index in [1.165, 1.54) is 0 Å². The van der Waals surface area contributed by atoms with Gasteiger partial charge in [0, 0.05) is 17.0 Å². The van der Waals surface area contributed by atoms with Crippen molar-refractivity contribution in [3.05, 3.63) is 82.9 Å². The maximum Gasteiger partial charge on any atom is 0.140 e. The molecule has 0 aliphatic carbocycles. The minimum atomic E-state index is 0.438. The maximum atomic E-state index is 5.85. The molecule has 4 aromatic rings. The number of benzene rings is 2. The van der Waals surface area contributed by atoms with Crippen molar-refractivity contribution in [2.75, 3.05) is 0 Å². The van der Waals surface area contributed by atoms with E-state index in [2.05, 4.69) is 9.97 Å². The summed E-state index contributed by atoms with van der Waals surface area (Å²) in [5, 5.41) is 4.01. The van der Waals surface area contributed by atoms with Crippen LogP contribution in [0.15, 0.2) is 72.2 Å². The Hall–Kier alpha value is -2.92. The molecule has 0 atom stereocenters. The fraction of sp³-hybridized carbons (Fsp3) is 0.100. The van der Waals surface area contributed by atoms with Crippen molar-refractivity contribution in [1.82, 2.24) is 9.97 Å². The van der Waals surface area contributed by atoms with Crippen LogP contribution < -0.4 is 9.47 Å². The number of pyridine rings is 1. The van der Waals surface area contributed by atoms with Crippen LogP contribution in [0.2, 0.25) is 0 Å². The largest absolute Gasteiger partial charge is 0.487 e. The molecule has 0 saturated carbocycles. The van der Waals surface area contributed by atoms with E-state index in [9.17, 15) is 0 Å². The number of para-hydroxylation sites is 1. The number of hydrogen-bond acceptors (Lipinski definition) is 5. The number of hydrogen-bond donors (Lipinski definition) is 0. The number of aromatic nitrogens is 2. The summed E-state index contributed by atoms with van der Waals surface area (Å²) in [5.41, 5.74) is 1.87. The molecule has 25 heavy (non-hydrogen) atoms. The zero-order valence-corrected chi connectivity index (χ0v) is 14.3. The quantitative estimate of drug-likeness (QED) is 0.500. The van der Waals surface area contributed by atoms with Crippen molar-refractivity contribution in [3.63, 3.8) is 0 Å². The molecule has 2 aromatic heterocycles. The first-order valence-corrected chi connectivity index (χ1v) is 8.83. The summed E-state index contributed by atoms with van der Waals surface area (Å²) in [6.07, 6.45) is 1.79. The Morgan fingerprint density at radius 1 is 0.840 bits per heavy atom. The van der Waals surface area contributed by atoms with Gasteiger partial charge >= 0.3 is 0 Å². The molecule has 4 nitrogen and oxygen atoms in total. The number of nitrogens with zero attached hydrogens (tertiary/aromatic N) is 2. The van der Waals surface area contributed by atoms with Gasteiger partial charge in [0.1, 0.15) is 29.7 Å². The fourth-order valence-corrected chi connectivity index (χ4v) is 3.13. The standard InChI is InChI=1S/C20H16N2O2S/c1-2-6-17(7-3-1)24-13-20-22-16(14-25-20)12-23-18-8-9-19-15(11-18)5-4-10-21-19/h1-11,14H,12-13H2. The molecule has 4 rings (SSSR count). The number of fused-ring (bicyclic) bond motifs is 1. The molecule has 0 aliphatic heterocycles. The van der Waals surface area contributed by atoms with Crippen LogP contribution >= 0.6 is 11.3 Å². The molecule has 0 N–H and O–H groups in total. The molecular weight excluding hydrogens is 332 g/mol. The van der Waals surface area contributed by atoms with Gasteiger partial charge in [-0.05, 0) is 36.4 Å². The molecule has 0 aliphatic rings. The van der Waals surface area contributed by atoms with E-state index in [1.54, 1.807) is 17.5 Å². The van der Waals surface area contributed by atoms with Gasteiger partial charge in [0.05, 0.1) is 11.2 Å². The lowest BCUT2D eigenvalue weighted by Gasteiger charge is -2.05. The third kappa shape index (κ3) is 3.95. The third-order valence-electron chi connectivity index (χ3n) is 3.67. The van der Waals surface area contributed by atoms with E-state index in [4.69, 9.17) is 9.47 Å². The van der Waals surface area contributed by atoms with Crippen LogP contribution in [0.25, 0.3) is 10.9 Å². The van der Waals surface area contributed by atoms with Crippen LogP contribution in [0.3, 0.4) is 0 Å². The van der Waals surface area contributed by atoms with Gasteiger partial charge in [0.25, 0.3) is 0 Å². The van der Waals surface area contributed by atoms with Gasteiger partial charge < -0.3 is 9.47 Å². The summed E-state index contributed by atoms with van der Waals surface area (Å²) < 4.78 is 11.6. The first-order chi connectivity index (χ1) is 12.4. The van der Waals surface area contributed by atoms with E-state index in [1.807, 2.05) is 66.0 Å². The summed E-state index contributed by atoms with van der Waals surface area (Å²) in [6, 6.07) is 19.6. The molecule has 0 bridgehead atoms. The molecule has 2 aromatic carbocycles. The van der Waals surface area contributed by atoms with E-state index in [0.717, 1.165) is 33.1 Å². The molecular formula is C20H16N2O2S. The SMILES string of the molecule is c1ccc(OCc2nc(COc3ccc4ncccc4c3)cs2)cc1. The normalized spacial score (nSPS) is 10.7. The molecule has 0 fully saturated rings. The molecule has 0 unspecified atom stereocenters. The summed E-state index contributed by atoms with van der Waals surface area (Å²) >= 11 is 1.58. The summed E-state index contributed by atoms with van der Waals surface area (Å²) in [6.45, 7) is 0.907. The van der Waals surface area contributed by atoms with Crippen molar-refractivity contribution in [2.45, 2.75) is 13.2 Å². The Bertz CT molecular complexity index is 970. The minimum Gasteiger partial charge on any atom is -0.487 e. The molecule has 0 saturated heterocycles. The van der Waals surface area contributed by atoms with Crippen LogP contribution in [0.5, 0.6) is 11.5 Å². The second kappa shape index (κ2) is 7.32. The summed E-state index contributed by atoms with van der Waals surface area (Å²) in [7, 11) is 0. The highest BCUT2D eigenvalue weighted by molar-refractivity contribution is 7.09. The Labute approximate surface area is 149 Å². The predicted octanol–water partition coefficient (Wildman–Crippen LogP) is 4.85. The van der Waals surface area contributed by atoms with Gasteiger partial charge in [-0.25, -0.2) is 4.98 Å². The zero-order chi connectivity index (χ0) is 16.9. The highest BCUT2D eigenvalue weighted by Gasteiger charge is 2.05. The van der Waals surface area contributed by atoms with Gasteiger partial charge in [-0.3, -0.25) is 4.98 Å². The van der Waals surface area contributed by atoms with Crippen molar-refractivity contribution in [1.29, 1.82) is 0 Å². The average Bonchev–Trinajstić information content (AvgIpc) is 3.13. The second-order valence-electron chi connectivity index (χ2n) is 5.48. The Morgan fingerprint density at radius 3 is 2.64 bits per heavy atom. The smallest absolute Gasteiger partial charge is 0.140 e. The van der Waals surface area contributed by atoms with Gasteiger partial charge in [-0.1, -0.05) is 24.3 Å². The molecule has 2 heterocycles. The van der Waals surface area contributed by atoms with E-state index in [0.29, 0.717) is 13.2 Å². The lowest BCUT2D eigenvalue weighted by molar-refractivity contribution is 0.295. The Balaban J connectivity index is 1.35. The van der Waals surface area contributed by atoms with E-state index >= 15 is 0 Å². The van der Waals surface area contributed by atoms with Crippen molar-refractivity contribution >= 4 is 22.2 Å². The molecule has 0 radical (unpaired) electrons. The third-order valence-corrected chi connectivity index (χ3v) is 4.54. The van der Waals surface area contributed by atoms with Crippen molar-refractivity contribution in [3.8, 4) is 11.5 Å². The Kier molecular flexibility index (Phi) is 4.57. The lowest BCUT2D eigenvalue weighted by Crippen LogP contribution is -1.98.